The van der Waals surface area contributed by atoms with Crippen molar-refractivity contribution in [2.45, 2.75) is 6.42 Å². The van der Waals surface area contributed by atoms with Gasteiger partial charge >= 0.3 is 7.82 Å². The lowest BCUT2D eigenvalue weighted by atomic mass is 10.1. The van der Waals surface area contributed by atoms with E-state index in [1.54, 1.807) is 0 Å². The van der Waals surface area contributed by atoms with E-state index in [0.717, 1.165) is 0 Å². The highest BCUT2D eigenvalue weighted by molar-refractivity contribution is 14.1. The number of aldehydes is 1. The summed E-state index contributed by atoms with van der Waals surface area (Å²) >= 11 is 1.91. The van der Waals surface area contributed by atoms with Crippen LogP contribution in [0.25, 0.3) is 0 Å². The molecular weight excluding hydrogens is 416 g/mol. The number of hydrogen-bond donors (Lipinski definition) is 4. The van der Waals surface area contributed by atoms with Crippen molar-refractivity contribution in [1.29, 1.82) is 0 Å². The van der Waals surface area contributed by atoms with Gasteiger partial charge in [0, 0.05) is 10.1 Å². The first-order chi connectivity index (χ1) is 9.74. The van der Waals surface area contributed by atoms with E-state index in [0.29, 0.717) is 9.86 Å². The third-order valence-corrected chi connectivity index (χ3v) is 3.48. The van der Waals surface area contributed by atoms with Crippen LogP contribution in [-0.2, 0) is 9.09 Å². The summed E-state index contributed by atoms with van der Waals surface area (Å²) < 4.78 is 15.2. The molecule has 8 nitrogen and oxygen atoms in total. The fourth-order valence-corrected chi connectivity index (χ4v) is 2.45. The maximum absolute atomic E-state index is 11.9. The summed E-state index contributed by atoms with van der Waals surface area (Å²) in [5, 5.41) is 12.2. The predicted molar refractivity (Wildman–Crippen MR) is 81.2 cm³/mol. The minimum Gasteiger partial charge on any atom is -0.506 e. The Morgan fingerprint density at radius 3 is 2.67 bits per heavy atom. The van der Waals surface area contributed by atoms with Crippen molar-refractivity contribution >= 4 is 42.6 Å². The lowest BCUT2D eigenvalue weighted by molar-refractivity contribution is 0.0948. The highest BCUT2D eigenvalue weighted by atomic mass is 127. The van der Waals surface area contributed by atoms with Crippen LogP contribution in [0.2, 0.25) is 0 Å². The summed E-state index contributed by atoms with van der Waals surface area (Å²) in [5.74, 6) is -1.00. The number of amides is 1. The van der Waals surface area contributed by atoms with Gasteiger partial charge in [0.05, 0.1) is 17.7 Å². The van der Waals surface area contributed by atoms with Gasteiger partial charge in [0.2, 0.25) is 0 Å². The second-order valence-electron chi connectivity index (χ2n) is 3.94. The van der Waals surface area contributed by atoms with Gasteiger partial charge in [-0.3, -0.25) is 14.1 Å². The summed E-state index contributed by atoms with van der Waals surface area (Å²) in [6.45, 7) is -0.122. The molecule has 0 atom stereocenters. The van der Waals surface area contributed by atoms with E-state index in [1.807, 2.05) is 22.6 Å². The molecule has 0 spiro atoms. The lowest BCUT2D eigenvalue weighted by Crippen LogP contribution is -2.25. The number of halogens is 1. The number of phosphoric ester groups is 1. The highest BCUT2D eigenvalue weighted by Gasteiger charge is 2.16. The van der Waals surface area contributed by atoms with Gasteiger partial charge < -0.3 is 20.2 Å². The van der Waals surface area contributed by atoms with Crippen LogP contribution in [0.1, 0.15) is 27.1 Å². The average molecular weight is 429 g/mol. The van der Waals surface area contributed by atoms with Gasteiger partial charge in [0.15, 0.2) is 6.29 Å². The maximum Gasteiger partial charge on any atom is 0.469 e. The van der Waals surface area contributed by atoms with Gasteiger partial charge in [-0.1, -0.05) is 0 Å². The molecule has 4 N–H and O–H groups in total. The van der Waals surface area contributed by atoms with Crippen LogP contribution in [0, 0.1) is 3.57 Å². The molecule has 0 heterocycles. The number of carbonyl (C=O) groups excluding carboxylic acids is 2. The molecule has 0 saturated carbocycles. The van der Waals surface area contributed by atoms with E-state index in [4.69, 9.17) is 9.79 Å². The molecule has 0 saturated heterocycles. The van der Waals surface area contributed by atoms with Crippen molar-refractivity contribution in [1.82, 2.24) is 5.32 Å². The number of benzene rings is 1. The highest BCUT2D eigenvalue weighted by Crippen LogP contribution is 2.35. The standard InChI is InChI=1S/C11H13INO7P/c12-8-4-7(6-14)10(15)9(5-8)11(16)13-2-1-3-20-21(17,18)19/h4-6,15H,1-3H2,(H,13,16)(H2,17,18,19). The molecule has 0 radical (unpaired) electrons. The number of phosphoric acid groups is 1. The van der Waals surface area contributed by atoms with Crippen molar-refractivity contribution in [2.75, 3.05) is 13.2 Å². The van der Waals surface area contributed by atoms with Gasteiger partial charge in [-0.2, -0.15) is 0 Å². The number of phenolic OH excluding ortho intramolecular Hbond substituents is 1. The number of rotatable bonds is 7. The van der Waals surface area contributed by atoms with E-state index in [-0.39, 0.29) is 30.7 Å². The maximum atomic E-state index is 11.9. The number of aromatic hydroxyl groups is 1. The zero-order valence-corrected chi connectivity index (χ0v) is 13.7. The molecule has 1 aromatic carbocycles. The van der Waals surface area contributed by atoms with Crippen molar-refractivity contribution in [3.05, 3.63) is 26.8 Å². The smallest absolute Gasteiger partial charge is 0.469 e. The van der Waals surface area contributed by atoms with Crippen LogP contribution in [-0.4, -0.2) is 40.2 Å². The Morgan fingerprint density at radius 2 is 2.10 bits per heavy atom. The molecule has 21 heavy (non-hydrogen) atoms. The second kappa shape index (κ2) is 7.85. The van der Waals surface area contributed by atoms with Crippen LogP contribution in [0.3, 0.4) is 0 Å². The van der Waals surface area contributed by atoms with Crippen LogP contribution in [0.15, 0.2) is 12.1 Å². The summed E-state index contributed by atoms with van der Waals surface area (Å²) in [5.41, 5.74) is -0.0308. The monoisotopic (exact) mass is 429 g/mol. The first-order valence-corrected chi connectivity index (χ1v) is 8.31. The molecule has 1 amide bonds. The van der Waals surface area contributed by atoms with E-state index >= 15 is 0 Å². The zero-order chi connectivity index (χ0) is 16.0. The molecule has 116 valence electrons. The van der Waals surface area contributed by atoms with Gasteiger partial charge in [-0.05, 0) is 41.1 Å². The third-order valence-electron chi connectivity index (χ3n) is 2.34. The first kappa shape index (κ1) is 18.1. The molecule has 0 aromatic heterocycles. The fourth-order valence-electron chi connectivity index (χ4n) is 1.44. The molecule has 0 fully saturated rings. The fraction of sp³-hybridized carbons (Fsp3) is 0.273. The van der Waals surface area contributed by atoms with Gasteiger partial charge in [-0.25, -0.2) is 4.57 Å². The van der Waals surface area contributed by atoms with Crippen molar-refractivity contribution < 1.29 is 33.6 Å². The Morgan fingerprint density at radius 1 is 1.43 bits per heavy atom. The van der Waals surface area contributed by atoms with Crippen molar-refractivity contribution in [3.63, 3.8) is 0 Å². The van der Waals surface area contributed by atoms with Gasteiger partial charge in [-0.15, -0.1) is 0 Å². The molecule has 10 heteroatoms. The summed E-state index contributed by atoms with van der Waals surface area (Å²) in [6.07, 6.45) is 0.629. The van der Waals surface area contributed by atoms with Crippen LogP contribution in [0.5, 0.6) is 5.75 Å². The Hall–Kier alpha value is -1.00. The summed E-state index contributed by atoms with van der Waals surface area (Å²) in [6, 6.07) is 2.86. The van der Waals surface area contributed by atoms with Crippen LogP contribution >= 0.6 is 30.4 Å². The minimum atomic E-state index is -4.51. The predicted octanol–water partition coefficient (Wildman–Crippen LogP) is 1.04. The number of phenols is 1. The molecule has 0 bridgehead atoms. The van der Waals surface area contributed by atoms with E-state index in [1.165, 1.54) is 12.1 Å². The quantitative estimate of drug-likeness (QED) is 0.220. The van der Waals surface area contributed by atoms with Crippen molar-refractivity contribution in [2.24, 2.45) is 0 Å². The van der Waals surface area contributed by atoms with Gasteiger partial charge in [0.25, 0.3) is 5.91 Å². The SMILES string of the molecule is O=Cc1cc(I)cc(C(=O)NCCCOP(=O)(O)O)c1O. The first-order valence-electron chi connectivity index (χ1n) is 5.70. The second-order valence-corrected chi connectivity index (χ2v) is 6.43. The van der Waals surface area contributed by atoms with E-state index in [2.05, 4.69) is 9.84 Å². The average Bonchev–Trinajstić information content (AvgIpc) is 2.39. The lowest BCUT2D eigenvalue weighted by Gasteiger charge is -2.09. The van der Waals surface area contributed by atoms with E-state index in [9.17, 15) is 19.3 Å². The Kier molecular flexibility index (Phi) is 6.75. The van der Waals surface area contributed by atoms with Gasteiger partial charge in [0.1, 0.15) is 5.75 Å². The molecule has 0 unspecified atom stereocenters. The molecule has 0 aliphatic heterocycles. The molecule has 0 aliphatic rings. The van der Waals surface area contributed by atoms with Crippen LogP contribution < -0.4 is 5.32 Å². The molecule has 0 aliphatic carbocycles. The topological polar surface area (TPSA) is 133 Å². The summed E-state index contributed by atoms with van der Waals surface area (Å²) in [7, 11) is -4.51. The molecular formula is C11H13INO7P. The zero-order valence-electron chi connectivity index (χ0n) is 10.7. The molecule has 1 rings (SSSR count). The number of hydrogen-bond acceptors (Lipinski definition) is 5. The Labute approximate surface area is 133 Å². The third kappa shape index (κ3) is 6.10. The van der Waals surface area contributed by atoms with Crippen LogP contribution in [0.4, 0.5) is 0 Å². The normalized spacial score (nSPS) is 11.2. The number of carbonyl (C=O) groups is 2. The largest absolute Gasteiger partial charge is 0.506 e. The summed E-state index contributed by atoms with van der Waals surface area (Å²) in [4.78, 5) is 39.6. The molecule has 1 aromatic rings. The number of nitrogens with one attached hydrogen (secondary N) is 1. The van der Waals surface area contributed by atoms with E-state index < -0.39 is 19.5 Å². The Bertz CT molecular complexity index is 586. The minimum absolute atomic E-state index is 0.0110. The van der Waals surface area contributed by atoms with Crippen molar-refractivity contribution in [3.8, 4) is 5.75 Å². The Balaban J connectivity index is 2.59.